The van der Waals surface area contributed by atoms with Gasteiger partial charge in [0.25, 0.3) is 11.7 Å². The molecule has 1 amide bonds. The SMILES string of the molecule is CCC1C=C(C)CC(C)CC(OC)C2OC(O)(C(=O)C(=O)N3CCCCC3C(=O)OC(C(C)=CC3(I)CCCC(OC)C3)C(C)CCC1=O)C(C)CC2OC. The Kier molecular flexibility index (Phi) is 17.0. The molecule has 1 aliphatic carbocycles. The minimum absolute atomic E-state index is 0.103. The number of alkyl halides is 1. The lowest BCUT2D eigenvalue weighted by Gasteiger charge is -2.47. The van der Waals surface area contributed by atoms with Crippen molar-refractivity contribution in [2.24, 2.45) is 23.7 Å². The van der Waals surface area contributed by atoms with Gasteiger partial charge < -0.3 is 33.7 Å². The summed E-state index contributed by atoms with van der Waals surface area (Å²) in [4.78, 5) is 57.8. The fourth-order valence-electron chi connectivity index (χ4n) is 9.41. The molecule has 12 heteroatoms. The van der Waals surface area contributed by atoms with Crippen molar-refractivity contribution in [1.82, 2.24) is 4.90 Å². The van der Waals surface area contributed by atoms with Crippen LogP contribution in [0.3, 0.4) is 0 Å². The minimum Gasteiger partial charge on any atom is -0.456 e. The molecule has 4 rings (SSSR count). The van der Waals surface area contributed by atoms with Gasteiger partial charge in [-0.1, -0.05) is 68.0 Å². The quantitative estimate of drug-likeness (QED) is 0.0968. The first-order valence-electron chi connectivity index (χ1n) is 20.6. The van der Waals surface area contributed by atoms with Crippen molar-refractivity contribution in [2.75, 3.05) is 27.9 Å². The first-order chi connectivity index (χ1) is 26.0. The number of Topliss-reactive ketones (excluding diaryl/α,β-unsaturated/α-hetero) is 2. The molecule has 0 aromatic heterocycles. The van der Waals surface area contributed by atoms with Crippen LogP contribution in [0.5, 0.6) is 0 Å². The van der Waals surface area contributed by atoms with Gasteiger partial charge in [0.05, 0.1) is 18.3 Å². The molecule has 0 aromatic carbocycles. The number of methoxy groups -OCH3 is 3. The molecule has 2 bridgehead atoms. The third-order valence-electron chi connectivity index (χ3n) is 12.7. The molecule has 312 valence electrons. The monoisotopic (exact) mass is 885 g/mol. The first-order valence-corrected chi connectivity index (χ1v) is 21.7. The Labute approximate surface area is 343 Å². The second kappa shape index (κ2) is 20.3. The van der Waals surface area contributed by atoms with E-state index >= 15 is 0 Å². The molecule has 0 aromatic rings. The Hall–Kier alpha value is -1.71. The molecule has 11 nitrogen and oxygen atoms in total. The van der Waals surface area contributed by atoms with Gasteiger partial charge in [-0.2, -0.15) is 0 Å². The van der Waals surface area contributed by atoms with Crippen molar-refractivity contribution in [1.29, 1.82) is 0 Å². The summed E-state index contributed by atoms with van der Waals surface area (Å²) in [5.41, 5.74) is 1.99. The topological polar surface area (TPSA) is 138 Å². The predicted octanol–water partition coefficient (Wildman–Crippen LogP) is 7.09. The van der Waals surface area contributed by atoms with Crippen LogP contribution in [0.25, 0.3) is 0 Å². The van der Waals surface area contributed by atoms with Gasteiger partial charge in [-0.15, -0.1) is 0 Å². The normalized spacial score (nSPS) is 39.8. The fraction of sp³-hybridized carbons (Fsp3) is 0.814. The van der Waals surface area contributed by atoms with Crippen LogP contribution >= 0.6 is 22.6 Å². The molecule has 2 saturated heterocycles. The summed E-state index contributed by atoms with van der Waals surface area (Å²) >= 11 is 2.50. The van der Waals surface area contributed by atoms with Crippen molar-refractivity contribution in [3.8, 4) is 0 Å². The zero-order chi connectivity index (χ0) is 40.7. The van der Waals surface area contributed by atoms with Gasteiger partial charge in [0.1, 0.15) is 24.0 Å². The second-order valence-electron chi connectivity index (χ2n) is 17.1. The summed E-state index contributed by atoms with van der Waals surface area (Å²) in [6.07, 6.45) is 10.3. The van der Waals surface area contributed by atoms with Crippen molar-refractivity contribution in [3.05, 3.63) is 23.3 Å². The molecule has 1 saturated carbocycles. The molecular weight excluding hydrogens is 817 g/mol. The summed E-state index contributed by atoms with van der Waals surface area (Å²) in [5, 5.41) is 12.0. The number of cyclic esters (lactones) is 1. The molecule has 0 radical (unpaired) electrons. The summed E-state index contributed by atoms with van der Waals surface area (Å²) in [7, 11) is 4.87. The highest BCUT2D eigenvalue weighted by atomic mass is 127. The van der Waals surface area contributed by atoms with Crippen LogP contribution in [0, 0.1) is 23.7 Å². The molecular formula is C43H68INO10. The van der Waals surface area contributed by atoms with Crippen LogP contribution in [0.1, 0.15) is 125 Å². The lowest BCUT2D eigenvalue weighted by Crippen LogP contribution is -2.64. The largest absolute Gasteiger partial charge is 0.456 e. The molecule has 12 atom stereocenters. The smallest absolute Gasteiger partial charge is 0.329 e. The molecule has 3 fully saturated rings. The van der Waals surface area contributed by atoms with Gasteiger partial charge in [-0.05, 0) is 108 Å². The van der Waals surface area contributed by atoms with E-state index in [-0.39, 0.29) is 46.0 Å². The van der Waals surface area contributed by atoms with Crippen LogP contribution in [-0.2, 0) is 42.9 Å². The van der Waals surface area contributed by atoms with Gasteiger partial charge in [0.15, 0.2) is 0 Å². The van der Waals surface area contributed by atoms with Crippen molar-refractivity contribution in [3.63, 3.8) is 0 Å². The third kappa shape index (κ3) is 11.3. The number of hydrogen-bond acceptors (Lipinski definition) is 10. The molecule has 55 heavy (non-hydrogen) atoms. The van der Waals surface area contributed by atoms with Crippen LogP contribution in [0.15, 0.2) is 23.3 Å². The number of aliphatic hydroxyl groups is 1. The number of rotatable bonds is 6. The van der Waals surface area contributed by atoms with Crippen LogP contribution in [0.2, 0.25) is 0 Å². The number of allylic oxidation sites excluding steroid dienone is 3. The summed E-state index contributed by atoms with van der Waals surface area (Å²) in [6.45, 7) is 12.0. The van der Waals surface area contributed by atoms with Crippen molar-refractivity contribution in [2.45, 2.75) is 171 Å². The van der Waals surface area contributed by atoms with Crippen molar-refractivity contribution >= 4 is 46.0 Å². The Morgan fingerprint density at radius 2 is 1.69 bits per heavy atom. The molecule has 0 spiro atoms. The number of esters is 1. The van der Waals surface area contributed by atoms with Gasteiger partial charge in [0, 0.05) is 49.6 Å². The van der Waals surface area contributed by atoms with E-state index in [1.807, 2.05) is 27.7 Å². The van der Waals surface area contributed by atoms with Gasteiger partial charge in [-0.3, -0.25) is 14.4 Å². The number of halogens is 1. The number of fused-ring (bicyclic) bond motifs is 3. The highest BCUT2D eigenvalue weighted by Crippen LogP contribution is 2.42. The van der Waals surface area contributed by atoms with E-state index in [0.717, 1.165) is 36.8 Å². The van der Waals surface area contributed by atoms with Crippen molar-refractivity contribution < 1.29 is 48.0 Å². The van der Waals surface area contributed by atoms with Gasteiger partial charge >= 0.3 is 5.97 Å². The summed E-state index contributed by atoms with van der Waals surface area (Å²) in [6, 6.07) is -1.01. The number of nitrogens with zero attached hydrogens (tertiary/aromatic N) is 1. The van der Waals surface area contributed by atoms with Crippen LogP contribution < -0.4 is 0 Å². The minimum atomic E-state index is -2.45. The maximum absolute atomic E-state index is 14.3. The van der Waals surface area contributed by atoms with Gasteiger partial charge in [-0.25, -0.2) is 4.79 Å². The number of hydrogen-bond donors (Lipinski definition) is 1. The Morgan fingerprint density at radius 1 is 1.00 bits per heavy atom. The fourth-order valence-corrected chi connectivity index (χ4v) is 10.8. The molecule has 3 heterocycles. The molecule has 12 unspecified atom stereocenters. The van der Waals surface area contributed by atoms with Crippen LogP contribution in [0.4, 0.5) is 0 Å². The molecule has 1 N–H and O–H groups in total. The van der Waals surface area contributed by atoms with Gasteiger partial charge in [0.2, 0.25) is 5.79 Å². The van der Waals surface area contributed by atoms with E-state index in [4.69, 9.17) is 23.7 Å². The predicted molar refractivity (Wildman–Crippen MR) is 219 cm³/mol. The zero-order valence-corrected chi connectivity index (χ0v) is 36.9. The average molecular weight is 886 g/mol. The first kappa shape index (κ1) is 46.0. The van der Waals surface area contributed by atoms with E-state index in [1.54, 1.807) is 28.3 Å². The Balaban J connectivity index is 1.75. The Morgan fingerprint density at radius 3 is 2.35 bits per heavy atom. The highest BCUT2D eigenvalue weighted by Gasteiger charge is 2.56. The number of ketones is 2. The average Bonchev–Trinajstić information content (AvgIpc) is 3.16. The summed E-state index contributed by atoms with van der Waals surface area (Å²) in [5.74, 6) is -6.07. The van der Waals surface area contributed by atoms with E-state index in [0.29, 0.717) is 51.4 Å². The maximum Gasteiger partial charge on any atom is 0.329 e. The maximum atomic E-state index is 14.3. The second-order valence-corrected chi connectivity index (χ2v) is 19.2. The zero-order valence-electron chi connectivity index (χ0n) is 34.8. The number of ether oxygens (including phenoxy) is 5. The van der Waals surface area contributed by atoms with Crippen LogP contribution in [-0.4, -0.2) is 107 Å². The van der Waals surface area contributed by atoms with E-state index in [2.05, 4.69) is 41.7 Å². The summed E-state index contributed by atoms with van der Waals surface area (Å²) < 4.78 is 30.0. The standard InChI is InChI=1S/C43H68INO10/c1-10-31-21-26(2)20-27(3)22-35(52-8)38-36(53-9)23-30(6)43(50,55-38)39(47)40(48)45-19-12-11-15-33(45)41(49)54-37(28(4)16-17-34(31)46)29(5)24-42(44)18-13-14-32(25-42)51-7/h21,24,27-28,30-33,35-38,50H,10-20,22-23,25H2,1-9H3. The lowest BCUT2D eigenvalue weighted by atomic mass is 9.82. The lowest BCUT2D eigenvalue weighted by molar-refractivity contribution is -0.302. The Bertz CT molecular complexity index is 1420. The number of carbonyl (C=O) groups excluding carboxylic acids is 4. The third-order valence-corrected chi connectivity index (χ3v) is 14.0. The number of piperidine rings is 1. The highest BCUT2D eigenvalue weighted by molar-refractivity contribution is 14.1. The molecule has 3 aliphatic heterocycles. The van der Waals surface area contributed by atoms with E-state index < -0.39 is 59.8 Å². The van der Waals surface area contributed by atoms with E-state index in [9.17, 15) is 24.3 Å². The van der Waals surface area contributed by atoms with E-state index in [1.165, 1.54) is 4.90 Å². The molecule has 4 aliphatic rings. The number of carbonyl (C=O) groups is 4. The number of amides is 1.